The Balaban J connectivity index is 2.08. The number of amides is 1. The van der Waals surface area contributed by atoms with E-state index in [-0.39, 0.29) is 28.3 Å². The first-order chi connectivity index (χ1) is 10.7. The van der Waals surface area contributed by atoms with Gasteiger partial charge in [0.15, 0.2) is 5.76 Å². The molecule has 1 saturated heterocycles. The molecular formula is C14H24N4O4S. The van der Waals surface area contributed by atoms with Crippen molar-refractivity contribution in [2.45, 2.75) is 50.6 Å². The minimum absolute atomic E-state index is 0.00155. The minimum atomic E-state index is -3.85. The van der Waals surface area contributed by atoms with Crippen molar-refractivity contribution in [3.05, 3.63) is 11.5 Å². The van der Waals surface area contributed by atoms with Crippen LogP contribution in [-0.4, -0.2) is 56.6 Å². The Kier molecular flexibility index (Phi) is 5.43. The second-order valence-corrected chi connectivity index (χ2v) is 7.58. The molecule has 0 saturated carbocycles. The number of piperidine rings is 1. The van der Waals surface area contributed by atoms with E-state index < -0.39 is 16.1 Å². The maximum absolute atomic E-state index is 12.5. The molecule has 1 amide bonds. The number of nitrogens with zero attached hydrogens (tertiary/aromatic N) is 2. The van der Waals surface area contributed by atoms with Gasteiger partial charge in [0.25, 0.3) is 0 Å². The van der Waals surface area contributed by atoms with Crippen LogP contribution in [0.1, 0.15) is 31.2 Å². The first-order valence-electron chi connectivity index (χ1n) is 7.66. The SMILES string of the molecule is Cc1noc(C)c1S(=O)(=O)NC(C)C(=O)N(C)C1CCNCC1. The number of carbonyl (C=O) groups is 1. The first kappa shape index (κ1) is 17.9. The average Bonchev–Trinajstić information content (AvgIpc) is 2.85. The fraction of sp³-hybridized carbons (Fsp3) is 0.714. The van der Waals surface area contributed by atoms with Crippen LogP contribution >= 0.6 is 0 Å². The van der Waals surface area contributed by atoms with Crippen molar-refractivity contribution in [2.24, 2.45) is 0 Å². The van der Waals surface area contributed by atoms with Gasteiger partial charge in [-0.15, -0.1) is 0 Å². The number of hydrogen-bond acceptors (Lipinski definition) is 6. The molecule has 1 atom stereocenters. The van der Waals surface area contributed by atoms with Gasteiger partial charge in [-0.1, -0.05) is 5.16 Å². The highest BCUT2D eigenvalue weighted by Gasteiger charge is 2.31. The molecular weight excluding hydrogens is 320 g/mol. The number of nitrogens with one attached hydrogen (secondary N) is 2. The molecule has 1 aromatic heterocycles. The summed E-state index contributed by atoms with van der Waals surface area (Å²) in [6.07, 6.45) is 1.73. The van der Waals surface area contributed by atoms with Crippen LogP contribution in [0.25, 0.3) is 0 Å². The summed E-state index contributed by atoms with van der Waals surface area (Å²) in [5.41, 5.74) is 0.279. The summed E-state index contributed by atoms with van der Waals surface area (Å²) in [5.74, 6) is -0.0337. The predicted octanol–water partition coefficient (Wildman–Crippen LogP) is 0.169. The van der Waals surface area contributed by atoms with Crippen LogP contribution in [0.5, 0.6) is 0 Å². The second-order valence-electron chi connectivity index (χ2n) is 5.93. The van der Waals surface area contributed by atoms with Crippen molar-refractivity contribution in [2.75, 3.05) is 20.1 Å². The highest BCUT2D eigenvalue weighted by molar-refractivity contribution is 7.89. The number of aromatic nitrogens is 1. The van der Waals surface area contributed by atoms with Crippen LogP contribution in [0.4, 0.5) is 0 Å². The van der Waals surface area contributed by atoms with Gasteiger partial charge in [-0.05, 0) is 46.7 Å². The Morgan fingerprint density at radius 2 is 2.00 bits per heavy atom. The van der Waals surface area contributed by atoms with Crippen molar-refractivity contribution in [1.82, 2.24) is 20.1 Å². The molecule has 2 heterocycles. The molecule has 1 unspecified atom stereocenters. The summed E-state index contributed by atoms with van der Waals surface area (Å²) in [6, 6.07) is -0.719. The summed E-state index contributed by atoms with van der Waals surface area (Å²) in [4.78, 5) is 14.1. The van der Waals surface area contributed by atoms with E-state index in [0.29, 0.717) is 0 Å². The number of likely N-dealkylation sites (N-methyl/N-ethyl adjacent to an activating group) is 1. The number of hydrogen-bond donors (Lipinski definition) is 2. The molecule has 2 rings (SSSR count). The standard InChI is InChI=1S/C14H24N4O4S/c1-9-13(11(3)22-16-9)23(20,21)17-10(2)14(19)18(4)12-5-7-15-8-6-12/h10,12,15,17H,5-8H2,1-4H3. The lowest BCUT2D eigenvalue weighted by Crippen LogP contribution is -2.51. The highest BCUT2D eigenvalue weighted by Crippen LogP contribution is 2.19. The van der Waals surface area contributed by atoms with Gasteiger partial charge in [0.1, 0.15) is 10.6 Å². The number of aryl methyl sites for hydroxylation is 2. The summed E-state index contributed by atoms with van der Waals surface area (Å²) < 4.78 is 32.2. The monoisotopic (exact) mass is 344 g/mol. The van der Waals surface area contributed by atoms with Gasteiger partial charge >= 0.3 is 0 Å². The lowest BCUT2D eigenvalue weighted by molar-refractivity contribution is -0.133. The smallest absolute Gasteiger partial charge is 0.246 e. The molecule has 23 heavy (non-hydrogen) atoms. The van der Waals surface area contributed by atoms with Gasteiger partial charge in [-0.3, -0.25) is 4.79 Å². The fourth-order valence-corrected chi connectivity index (χ4v) is 4.41. The normalized spacial score (nSPS) is 17.9. The molecule has 1 aromatic rings. The summed E-state index contributed by atoms with van der Waals surface area (Å²) >= 11 is 0. The zero-order valence-electron chi connectivity index (χ0n) is 13.9. The van der Waals surface area contributed by atoms with Gasteiger partial charge in [0, 0.05) is 13.1 Å². The third kappa shape index (κ3) is 3.91. The van der Waals surface area contributed by atoms with Crippen molar-refractivity contribution in [3.8, 4) is 0 Å². The summed E-state index contributed by atoms with van der Waals surface area (Å²) in [5, 5.41) is 6.89. The molecule has 2 N–H and O–H groups in total. The molecule has 0 radical (unpaired) electrons. The van der Waals surface area contributed by atoms with Crippen molar-refractivity contribution in [3.63, 3.8) is 0 Å². The third-order valence-corrected chi connectivity index (χ3v) is 5.93. The molecule has 0 aromatic carbocycles. The molecule has 0 bridgehead atoms. The van der Waals surface area contributed by atoms with Crippen LogP contribution in [0.3, 0.4) is 0 Å². The largest absolute Gasteiger partial charge is 0.360 e. The van der Waals surface area contributed by atoms with Crippen molar-refractivity contribution < 1.29 is 17.7 Å². The Labute approximate surface area is 136 Å². The third-order valence-electron chi connectivity index (χ3n) is 4.14. The van der Waals surface area contributed by atoms with Crippen LogP contribution in [0.2, 0.25) is 0 Å². The maximum atomic E-state index is 12.5. The predicted molar refractivity (Wildman–Crippen MR) is 84.4 cm³/mol. The molecule has 1 aliphatic rings. The average molecular weight is 344 g/mol. The van der Waals surface area contributed by atoms with Crippen LogP contribution in [0.15, 0.2) is 9.42 Å². The van der Waals surface area contributed by atoms with E-state index in [4.69, 9.17) is 4.52 Å². The van der Waals surface area contributed by atoms with E-state index in [1.54, 1.807) is 25.8 Å². The zero-order valence-corrected chi connectivity index (χ0v) is 14.7. The molecule has 0 spiro atoms. The van der Waals surface area contributed by atoms with Crippen LogP contribution in [0, 0.1) is 13.8 Å². The van der Waals surface area contributed by atoms with E-state index in [0.717, 1.165) is 25.9 Å². The number of carbonyl (C=O) groups excluding carboxylic acids is 1. The van der Waals surface area contributed by atoms with Gasteiger partial charge in [-0.2, -0.15) is 4.72 Å². The number of sulfonamides is 1. The zero-order chi connectivity index (χ0) is 17.2. The van der Waals surface area contributed by atoms with E-state index >= 15 is 0 Å². The molecule has 0 aliphatic carbocycles. The Bertz CT molecular complexity index is 645. The van der Waals surface area contributed by atoms with Crippen molar-refractivity contribution in [1.29, 1.82) is 0 Å². The second kappa shape index (κ2) is 6.98. The lowest BCUT2D eigenvalue weighted by atomic mass is 10.0. The van der Waals surface area contributed by atoms with Gasteiger partial charge < -0.3 is 14.7 Å². The summed E-state index contributed by atoms with van der Waals surface area (Å²) in [6.45, 7) is 6.36. The van der Waals surface area contributed by atoms with E-state index in [1.807, 2.05) is 0 Å². The first-order valence-corrected chi connectivity index (χ1v) is 9.15. The molecule has 9 heteroatoms. The Morgan fingerprint density at radius 3 is 2.52 bits per heavy atom. The summed E-state index contributed by atoms with van der Waals surface area (Å²) in [7, 11) is -2.13. The minimum Gasteiger partial charge on any atom is -0.360 e. The fourth-order valence-electron chi connectivity index (χ4n) is 2.88. The molecule has 1 fully saturated rings. The highest BCUT2D eigenvalue weighted by atomic mass is 32.2. The quantitative estimate of drug-likeness (QED) is 0.789. The van der Waals surface area contributed by atoms with Gasteiger partial charge in [-0.25, -0.2) is 8.42 Å². The Hall–Kier alpha value is -1.45. The Morgan fingerprint density at radius 1 is 1.39 bits per heavy atom. The molecule has 1 aliphatic heterocycles. The maximum Gasteiger partial charge on any atom is 0.246 e. The van der Waals surface area contributed by atoms with Crippen LogP contribution in [-0.2, 0) is 14.8 Å². The topological polar surface area (TPSA) is 105 Å². The van der Waals surface area contributed by atoms with E-state index in [9.17, 15) is 13.2 Å². The lowest BCUT2D eigenvalue weighted by Gasteiger charge is -2.33. The van der Waals surface area contributed by atoms with Crippen LogP contribution < -0.4 is 10.0 Å². The van der Waals surface area contributed by atoms with E-state index in [1.165, 1.54) is 6.92 Å². The van der Waals surface area contributed by atoms with Gasteiger partial charge in [0.2, 0.25) is 15.9 Å². The van der Waals surface area contributed by atoms with Crippen molar-refractivity contribution >= 4 is 15.9 Å². The molecule has 8 nitrogen and oxygen atoms in total. The molecule has 130 valence electrons. The number of rotatable bonds is 5. The van der Waals surface area contributed by atoms with Gasteiger partial charge in [0.05, 0.1) is 6.04 Å². The van der Waals surface area contributed by atoms with E-state index in [2.05, 4.69) is 15.2 Å².